The molecule has 1 aliphatic heterocycles. The first-order valence-corrected chi connectivity index (χ1v) is 6.12. The lowest BCUT2D eigenvalue weighted by Gasteiger charge is -2.00. The van der Waals surface area contributed by atoms with Gasteiger partial charge in [0.05, 0.1) is 0 Å². The van der Waals surface area contributed by atoms with E-state index in [1.165, 1.54) is 10.5 Å². The lowest BCUT2D eigenvalue weighted by atomic mass is 10.1. The summed E-state index contributed by atoms with van der Waals surface area (Å²) in [7, 11) is 0. The van der Waals surface area contributed by atoms with E-state index in [9.17, 15) is 0 Å². The van der Waals surface area contributed by atoms with Crippen molar-refractivity contribution in [3.63, 3.8) is 0 Å². The number of aromatic nitrogens is 1. The third-order valence-electron chi connectivity index (χ3n) is 2.73. The highest BCUT2D eigenvalue weighted by atomic mass is 32.2. The second kappa shape index (κ2) is 3.56. The van der Waals surface area contributed by atoms with Gasteiger partial charge in [-0.05, 0) is 18.1 Å². The van der Waals surface area contributed by atoms with Gasteiger partial charge in [0.1, 0.15) is 5.69 Å². The molecule has 0 bridgehead atoms. The molecule has 16 heavy (non-hydrogen) atoms. The lowest BCUT2D eigenvalue weighted by Crippen LogP contribution is -1.90. The molecule has 1 aromatic heterocycles. The monoisotopic (exact) mass is 232 g/mol. The molecule has 0 fully saturated rings. The quantitative estimate of drug-likeness (QED) is 0.821. The van der Waals surface area contributed by atoms with Gasteiger partial charge < -0.3 is 10.3 Å². The number of nitrogens with two attached hydrogens (primary N) is 1. The van der Waals surface area contributed by atoms with Crippen LogP contribution in [0.2, 0.25) is 0 Å². The number of thioether (sulfide) groups is 1. The Bertz CT molecular complexity index is 536. The standard InChI is InChI=1S/C12H12N2OS/c1-7-4-9-3-2-8(5-11(9)16-7)10-6-12(13)15-14-10/h2-3,5-7H,4,13H2,1H3. The molecule has 3 nitrogen and oxygen atoms in total. The van der Waals surface area contributed by atoms with Crippen LogP contribution in [-0.2, 0) is 6.42 Å². The molecule has 0 spiro atoms. The van der Waals surface area contributed by atoms with Crippen LogP contribution in [0, 0.1) is 0 Å². The van der Waals surface area contributed by atoms with Gasteiger partial charge in [-0.2, -0.15) is 0 Å². The first-order chi connectivity index (χ1) is 7.72. The van der Waals surface area contributed by atoms with Crippen molar-refractivity contribution in [1.29, 1.82) is 0 Å². The third-order valence-corrected chi connectivity index (χ3v) is 3.93. The van der Waals surface area contributed by atoms with Crippen molar-refractivity contribution in [2.75, 3.05) is 5.73 Å². The second-order valence-corrected chi connectivity index (χ2v) is 5.55. The highest BCUT2D eigenvalue weighted by molar-refractivity contribution is 8.00. The van der Waals surface area contributed by atoms with Crippen molar-refractivity contribution in [3.8, 4) is 11.3 Å². The number of nitrogens with zero attached hydrogens (tertiary/aromatic N) is 1. The largest absolute Gasteiger partial charge is 0.368 e. The fraction of sp³-hybridized carbons (Fsp3) is 0.250. The third kappa shape index (κ3) is 1.59. The average molecular weight is 232 g/mol. The summed E-state index contributed by atoms with van der Waals surface area (Å²) < 4.78 is 4.88. The molecule has 1 aromatic carbocycles. The van der Waals surface area contributed by atoms with Gasteiger partial charge in [-0.3, -0.25) is 0 Å². The SMILES string of the molecule is CC1Cc2ccc(-c3cc(N)on3)cc2S1. The molecule has 3 rings (SSSR count). The summed E-state index contributed by atoms with van der Waals surface area (Å²) in [4.78, 5) is 1.35. The van der Waals surface area contributed by atoms with Crippen LogP contribution < -0.4 is 5.73 Å². The topological polar surface area (TPSA) is 52.0 Å². The first-order valence-electron chi connectivity index (χ1n) is 5.24. The Morgan fingerprint density at radius 1 is 1.44 bits per heavy atom. The van der Waals surface area contributed by atoms with E-state index < -0.39 is 0 Å². The molecule has 0 radical (unpaired) electrons. The Morgan fingerprint density at radius 3 is 3.06 bits per heavy atom. The van der Waals surface area contributed by atoms with Crippen LogP contribution in [0.25, 0.3) is 11.3 Å². The van der Waals surface area contributed by atoms with E-state index in [2.05, 4.69) is 30.3 Å². The molecule has 0 amide bonds. The number of hydrogen-bond acceptors (Lipinski definition) is 4. The summed E-state index contributed by atoms with van der Waals surface area (Å²) in [5.74, 6) is 0.358. The molecule has 1 unspecified atom stereocenters. The molecule has 2 heterocycles. The average Bonchev–Trinajstić information content (AvgIpc) is 2.81. The maximum Gasteiger partial charge on any atom is 0.222 e. The minimum absolute atomic E-state index is 0.358. The summed E-state index contributed by atoms with van der Waals surface area (Å²) in [5.41, 5.74) is 8.82. The number of fused-ring (bicyclic) bond motifs is 1. The molecular formula is C12H12N2OS. The van der Waals surface area contributed by atoms with Crippen molar-refractivity contribution < 1.29 is 4.52 Å². The second-order valence-electron chi connectivity index (χ2n) is 4.07. The smallest absolute Gasteiger partial charge is 0.222 e. The van der Waals surface area contributed by atoms with E-state index >= 15 is 0 Å². The normalized spacial score (nSPS) is 18.7. The van der Waals surface area contributed by atoms with Gasteiger partial charge in [0.15, 0.2) is 0 Å². The Hall–Kier alpha value is -1.42. The number of benzene rings is 1. The summed E-state index contributed by atoms with van der Waals surface area (Å²) in [6.07, 6.45) is 1.15. The summed E-state index contributed by atoms with van der Waals surface area (Å²) in [6.45, 7) is 2.25. The van der Waals surface area contributed by atoms with Crippen LogP contribution in [0.5, 0.6) is 0 Å². The van der Waals surface area contributed by atoms with Gasteiger partial charge in [0, 0.05) is 21.8 Å². The van der Waals surface area contributed by atoms with Crippen molar-refractivity contribution in [1.82, 2.24) is 5.16 Å². The van der Waals surface area contributed by atoms with Gasteiger partial charge in [0.2, 0.25) is 5.88 Å². The first kappa shape index (κ1) is 9.78. The number of hydrogen-bond donors (Lipinski definition) is 1. The maximum absolute atomic E-state index is 5.52. The highest BCUT2D eigenvalue weighted by Gasteiger charge is 2.19. The predicted molar refractivity (Wildman–Crippen MR) is 65.4 cm³/mol. The van der Waals surface area contributed by atoms with E-state index in [0.29, 0.717) is 11.1 Å². The van der Waals surface area contributed by atoms with Gasteiger partial charge in [-0.25, -0.2) is 0 Å². The van der Waals surface area contributed by atoms with Crippen LogP contribution in [0.1, 0.15) is 12.5 Å². The predicted octanol–water partition coefficient (Wildman–Crippen LogP) is 2.96. The van der Waals surface area contributed by atoms with E-state index in [-0.39, 0.29) is 0 Å². The maximum atomic E-state index is 5.52. The van der Waals surface area contributed by atoms with E-state index in [1.54, 1.807) is 6.07 Å². The van der Waals surface area contributed by atoms with Gasteiger partial charge in [0.25, 0.3) is 0 Å². The van der Waals surface area contributed by atoms with Crippen LogP contribution in [0.15, 0.2) is 33.7 Å². The molecule has 2 aromatic rings. The Balaban J connectivity index is 2.02. The molecule has 1 aliphatic rings. The van der Waals surface area contributed by atoms with Crippen molar-refractivity contribution in [2.24, 2.45) is 0 Å². The molecule has 4 heteroatoms. The Labute approximate surface area is 98.0 Å². The minimum Gasteiger partial charge on any atom is -0.368 e. The van der Waals surface area contributed by atoms with Crippen LogP contribution >= 0.6 is 11.8 Å². The molecular weight excluding hydrogens is 220 g/mol. The number of anilines is 1. The van der Waals surface area contributed by atoms with E-state index in [1.807, 2.05) is 11.8 Å². The summed E-state index contributed by atoms with van der Waals surface area (Å²) in [5, 5.41) is 4.59. The van der Waals surface area contributed by atoms with Crippen molar-refractivity contribution in [3.05, 3.63) is 29.8 Å². The van der Waals surface area contributed by atoms with E-state index in [0.717, 1.165) is 17.7 Å². The molecule has 1 atom stereocenters. The van der Waals surface area contributed by atoms with Crippen LogP contribution in [0.4, 0.5) is 5.88 Å². The Kier molecular flexibility index (Phi) is 2.17. The fourth-order valence-corrected chi connectivity index (χ4v) is 3.18. The van der Waals surface area contributed by atoms with Crippen molar-refractivity contribution >= 4 is 17.6 Å². The molecule has 82 valence electrons. The van der Waals surface area contributed by atoms with E-state index in [4.69, 9.17) is 10.3 Å². The minimum atomic E-state index is 0.358. The zero-order valence-electron chi connectivity index (χ0n) is 8.93. The van der Waals surface area contributed by atoms with Crippen LogP contribution in [0.3, 0.4) is 0 Å². The van der Waals surface area contributed by atoms with Gasteiger partial charge in [-0.15, -0.1) is 11.8 Å². The number of nitrogen functional groups attached to an aromatic ring is 1. The Morgan fingerprint density at radius 2 is 2.31 bits per heavy atom. The molecule has 0 saturated carbocycles. The van der Waals surface area contributed by atoms with Gasteiger partial charge in [-0.1, -0.05) is 24.2 Å². The summed E-state index contributed by atoms with van der Waals surface area (Å²) in [6, 6.07) is 8.17. The molecule has 0 saturated heterocycles. The molecule has 0 aliphatic carbocycles. The van der Waals surface area contributed by atoms with Crippen molar-refractivity contribution in [2.45, 2.75) is 23.5 Å². The zero-order chi connectivity index (χ0) is 11.1. The summed E-state index contributed by atoms with van der Waals surface area (Å²) >= 11 is 1.92. The fourth-order valence-electron chi connectivity index (χ4n) is 1.99. The zero-order valence-corrected chi connectivity index (χ0v) is 9.75. The lowest BCUT2D eigenvalue weighted by molar-refractivity contribution is 0.439. The highest BCUT2D eigenvalue weighted by Crippen LogP contribution is 2.38. The number of rotatable bonds is 1. The van der Waals surface area contributed by atoms with Crippen LogP contribution in [-0.4, -0.2) is 10.4 Å². The molecule has 2 N–H and O–H groups in total. The van der Waals surface area contributed by atoms with Gasteiger partial charge >= 0.3 is 0 Å².